The highest BCUT2D eigenvalue weighted by Crippen LogP contribution is 2.09. The van der Waals surface area contributed by atoms with Gasteiger partial charge in [0.25, 0.3) is 5.56 Å². The highest BCUT2D eigenvalue weighted by molar-refractivity contribution is 7.09. The van der Waals surface area contributed by atoms with Crippen LogP contribution >= 0.6 is 11.3 Å². The number of pyridine rings is 1. The first-order valence-electron chi connectivity index (χ1n) is 6.97. The van der Waals surface area contributed by atoms with E-state index in [9.17, 15) is 9.59 Å². The molecule has 116 valence electrons. The summed E-state index contributed by atoms with van der Waals surface area (Å²) in [4.78, 5) is 30.7. The van der Waals surface area contributed by atoms with Crippen molar-refractivity contribution in [2.45, 2.75) is 13.3 Å². The quantitative estimate of drug-likeness (QED) is 0.568. The van der Waals surface area contributed by atoms with Crippen LogP contribution in [0.3, 0.4) is 0 Å². The predicted octanol–water partition coefficient (Wildman–Crippen LogP) is 1.99. The van der Waals surface area contributed by atoms with Crippen LogP contribution < -0.4 is 11.0 Å². The third-order valence-corrected chi connectivity index (χ3v) is 4.01. The Labute approximate surface area is 135 Å². The Kier molecular flexibility index (Phi) is 4.29. The van der Waals surface area contributed by atoms with Crippen molar-refractivity contribution in [1.82, 2.24) is 15.4 Å². The van der Waals surface area contributed by atoms with Crippen molar-refractivity contribution in [2.75, 3.05) is 0 Å². The van der Waals surface area contributed by atoms with Gasteiger partial charge in [-0.25, -0.2) is 10.4 Å². The number of nitrogens with one attached hydrogen (secondary N) is 2. The van der Waals surface area contributed by atoms with Gasteiger partial charge in [0.2, 0.25) is 5.91 Å². The fourth-order valence-corrected chi connectivity index (χ4v) is 2.74. The Morgan fingerprint density at radius 3 is 3.04 bits per heavy atom. The molecule has 0 fully saturated rings. The topological polar surface area (TPSA) is 87.2 Å². The Hall–Kier alpha value is -2.80. The molecule has 0 unspecified atom stereocenters. The normalized spacial score (nSPS) is 11.2. The molecular weight excluding hydrogens is 312 g/mol. The van der Waals surface area contributed by atoms with Gasteiger partial charge in [0.05, 0.1) is 28.9 Å². The van der Waals surface area contributed by atoms with E-state index in [1.165, 1.54) is 17.6 Å². The van der Waals surface area contributed by atoms with Crippen molar-refractivity contribution in [2.24, 2.45) is 5.10 Å². The molecule has 1 amide bonds. The van der Waals surface area contributed by atoms with E-state index >= 15 is 0 Å². The number of hydrogen-bond donors (Lipinski definition) is 2. The van der Waals surface area contributed by atoms with Crippen LogP contribution in [-0.2, 0) is 11.2 Å². The highest BCUT2D eigenvalue weighted by Gasteiger charge is 2.05. The number of para-hydroxylation sites is 1. The molecule has 7 heteroatoms. The van der Waals surface area contributed by atoms with Crippen molar-refractivity contribution >= 4 is 34.4 Å². The first-order valence-corrected chi connectivity index (χ1v) is 7.85. The Bertz CT molecular complexity index is 942. The van der Waals surface area contributed by atoms with Crippen LogP contribution in [0.2, 0.25) is 0 Å². The number of amides is 1. The number of nitrogens with zero attached hydrogens (tertiary/aromatic N) is 2. The van der Waals surface area contributed by atoms with E-state index in [4.69, 9.17) is 0 Å². The lowest BCUT2D eigenvalue weighted by molar-refractivity contribution is -0.120. The van der Waals surface area contributed by atoms with Gasteiger partial charge in [-0.05, 0) is 24.4 Å². The van der Waals surface area contributed by atoms with Gasteiger partial charge in [0, 0.05) is 10.9 Å². The average Bonchev–Trinajstić information content (AvgIpc) is 2.92. The molecule has 0 radical (unpaired) electrons. The molecule has 6 nitrogen and oxygen atoms in total. The standard InChI is InChI=1S/C16H14N4O2S/c1-10-18-13(9-23-10)7-15(21)20-17-8-12-6-11-4-2-3-5-14(11)19-16(12)22/h2-6,8-9H,7H2,1H3,(H,19,22)(H,20,21)/b17-8+. The summed E-state index contributed by atoms with van der Waals surface area (Å²) in [7, 11) is 0. The van der Waals surface area contributed by atoms with Crippen LogP contribution in [0, 0.1) is 6.92 Å². The van der Waals surface area contributed by atoms with Gasteiger partial charge in [-0.15, -0.1) is 11.3 Å². The third-order valence-electron chi connectivity index (χ3n) is 3.18. The second kappa shape index (κ2) is 6.53. The van der Waals surface area contributed by atoms with E-state index < -0.39 is 0 Å². The van der Waals surface area contributed by atoms with Gasteiger partial charge < -0.3 is 4.98 Å². The molecule has 0 aliphatic rings. The SMILES string of the molecule is Cc1nc(CC(=O)N/N=C/c2cc3ccccc3[nH]c2=O)cs1. The van der Waals surface area contributed by atoms with E-state index in [0.29, 0.717) is 11.3 Å². The smallest absolute Gasteiger partial charge is 0.257 e. The molecule has 0 saturated carbocycles. The second-order valence-corrected chi connectivity index (χ2v) is 6.03. The summed E-state index contributed by atoms with van der Waals surface area (Å²) >= 11 is 1.50. The predicted molar refractivity (Wildman–Crippen MR) is 90.9 cm³/mol. The summed E-state index contributed by atoms with van der Waals surface area (Å²) < 4.78 is 0. The molecule has 0 spiro atoms. The third kappa shape index (κ3) is 3.70. The second-order valence-electron chi connectivity index (χ2n) is 4.97. The number of carbonyl (C=O) groups is 1. The van der Waals surface area contributed by atoms with Crippen molar-refractivity contribution in [3.8, 4) is 0 Å². The lowest BCUT2D eigenvalue weighted by Gasteiger charge is -1.99. The molecule has 2 heterocycles. The molecule has 3 aromatic rings. The summed E-state index contributed by atoms with van der Waals surface area (Å²) in [6, 6.07) is 9.19. The van der Waals surface area contributed by atoms with Gasteiger partial charge in [0.1, 0.15) is 0 Å². The van der Waals surface area contributed by atoms with Crippen LogP contribution in [0.5, 0.6) is 0 Å². The van der Waals surface area contributed by atoms with Crippen LogP contribution in [0.4, 0.5) is 0 Å². The zero-order chi connectivity index (χ0) is 16.2. The molecule has 2 N–H and O–H groups in total. The number of thiazole rings is 1. The monoisotopic (exact) mass is 326 g/mol. The molecule has 3 rings (SSSR count). The lowest BCUT2D eigenvalue weighted by Crippen LogP contribution is -2.21. The number of aryl methyl sites for hydroxylation is 1. The average molecular weight is 326 g/mol. The number of H-pyrrole nitrogens is 1. The minimum Gasteiger partial charge on any atom is -0.321 e. The summed E-state index contributed by atoms with van der Waals surface area (Å²) in [5.41, 5.74) is 4.01. The molecule has 1 aromatic carbocycles. The maximum Gasteiger partial charge on any atom is 0.257 e. The van der Waals surface area contributed by atoms with Crippen molar-refractivity contribution in [3.05, 3.63) is 62.3 Å². The number of hydrogen-bond acceptors (Lipinski definition) is 5. The van der Waals surface area contributed by atoms with Crippen molar-refractivity contribution in [1.29, 1.82) is 0 Å². The molecule has 0 bridgehead atoms. The zero-order valence-electron chi connectivity index (χ0n) is 12.4. The molecule has 0 atom stereocenters. The number of hydrazone groups is 1. The number of carbonyl (C=O) groups excluding carboxylic acids is 1. The molecule has 23 heavy (non-hydrogen) atoms. The van der Waals surface area contributed by atoms with Crippen molar-refractivity contribution in [3.63, 3.8) is 0 Å². The first-order chi connectivity index (χ1) is 11.1. The van der Waals surface area contributed by atoms with Gasteiger partial charge in [-0.1, -0.05) is 18.2 Å². The molecule has 0 saturated heterocycles. The number of benzene rings is 1. The highest BCUT2D eigenvalue weighted by atomic mass is 32.1. The van der Waals surface area contributed by atoms with E-state index in [0.717, 1.165) is 15.9 Å². The zero-order valence-corrected chi connectivity index (χ0v) is 13.2. The molecule has 0 aliphatic heterocycles. The maximum atomic E-state index is 11.9. The van der Waals surface area contributed by atoms with Gasteiger partial charge >= 0.3 is 0 Å². The van der Waals surface area contributed by atoms with E-state index in [2.05, 4.69) is 20.5 Å². The fraction of sp³-hybridized carbons (Fsp3) is 0.125. The van der Waals surface area contributed by atoms with Gasteiger partial charge in [-0.3, -0.25) is 9.59 Å². The molecule has 0 aliphatic carbocycles. The first kappa shape index (κ1) is 15.1. The molecular formula is C16H14N4O2S. The largest absolute Gasteiger partial charge is 0.321 e. The van der Waals surface area contributed by atoms with E-state index in [1.54, 1.807) is 6.07 Å². The summed E-state index contributed by atoms with van der Waals surface area (Å²) in [6.45, 7) is 1.89. The fourth-order valence-electron chi connectivity index (χ4n) is 2.13. The van der Waals surface area contributed by atoms with Crippen LogP contribution in [0.1, 0.15) is 16.3 Å². The Balaban J connectivity index is 1.69. The van der Waals surface area contributed by atoms with Crippen LogP contribution in [-0.4, -0.2) is 22.1 Å². The minimum absolute atomic E-state index is 0.162. The van der Waals surface area contributed by atoms with Crippen LogP contribution in [0.15, 0.2) is 45.6 Å². The van der Waals surface area contributed by atoms with Gasteiger partial charge in [-0.2, -0.15) is 5.10 Å². The summed E-state index contributed by atoms with van der Waals surface area (Å²) in [5.74, 6) is -0.274. The van der Waals surface area contributed by atoms with Gasteiger partial charge in [0.15, 0.2) is 0 Å². The van der Waals surface area contributed by atoms with Crippen LogP contribution in [0.25, 0.3) is 10.9 Å². The number of aromatic amines is 1. The number of fused-ring (bicyclic) bond motifs is 1. The number of rotatable bonds is 4. The number of aromatic nitrogens is 2. The maximum absolute atomic E-state index is 11.9. The van der Waals surface area contributed by atoms with E-state index in [1.807, 2.05) is 36.6 Å². The van der Waals surface area contributed by atoms with E-state index in [-0.39, 0.29) is 17.9 Å². The summed E-state index contributed by atoms with van der Waals surface area (Å²) in [6.07, 6.45) is 1.51. The lowest BCUT2D eigenvalue weighted by atomic mass is 10.2. The van der Waals surface area contributed by atoms with Crippen molar-refractivity contribution < 1.29 is 4.79 Å². The Morgan fingerprint density at radius 2 is 2.26 bits per heavy atom. The molecule has 2 aromatic heterocycles. The summed E-state index contributed by atoms with van der Waals surface area (Å²) in [5, 5.41) is 7.50. The Morgan fingerprint density at radius 1 is 1.43 bits per heavy atom. The minimum atomic E-state index is -0.274.